The first-order valence-corrected chi connectivity index (χ1v) is 8.13. The van der Waals surface area contributed by atoms with Crippen LogP contribution in [0.3, 0.4) is 0 Å². The third kappa shape index (κ3) is 4.39. The Labute approximate surface area is 147 Å². The first-order valence-electron chi connectivity index (χ1n) is 8.13. The molecule has 1 aliphatic carbocycles. The number of rotatable bonds is 5. The number of halogens is 5. The molecule has 0 radical (unpaired) electrons. The molecule has 1 amide bonds. The van der Waals surface area contributed by atoms with Crippen molar-refractivity contribution in [1.82, 2.24) is 4.90 Å². The second-order valence-electron chi connectivity index (χ2n) is 6.36. The third-order valence-electron chi connectivity index (χ3n) is 4.27. The van der Waals surface area contributed by atoms with Gasteiger partial charge in [-0.2, -0.15) is 13.2 Å². The van der Waals surface area contributed by atoms with Crippen LogP contribution in [-0.2, 0) is 23.9 Å². The van der Waals surface area contributed by atoms with Crippen molar-refractivity contribution in [2.75, 3.05) is 0 Å². The number of benzene rings is 2. The van der Waals surface area contributed by atoms with E-state index in [1.54, 1.807) is 0 Å². The van der Waals surface area contributed by atoms with Crippen molar-refractivity contribution in [3.8, 4) is 0 Å². The normalized spacial score (nSPS) is 14.3. The molecule has 1 saturated carbocycles. The molecule has 0 aromatic heterocycles. The van der Waals surface area contributed by atoms with Gasteiger partial charge in [0.1, 0.15) is 11.6 Å². The van der Waals surface area contributed by atoms with Crippen LogP contribution in [0.25, 0.3) is 0 Å². The highest BCUT2D eigenvalue weighted by Gasteiger charge is 2.34. The van der Waals surface area contributed by atoms with Gasteiger partial charge in [0.25, 0.3) is 0 Å². The van der Waals surface area contributed by atoms with E-state index in [4.69, 9.17) is 0 Å². The highest BCUT2D eigenvalue weighted by atomic mass is 19.4. The molecule has 7 heteroatoms. The molecular formula is C19H16F5NO. The van der Waals surface area contributed by atoms with Crippen LogP contribution in [0.5, 0.6) is 0 Å². The summed E-state index contributed by atoms with van der Waals surface area (Å²) in [5.41, 5.74) is -0.393. The van der Waals surface area contributed by atoms with Gasteiger partial charge in [-0.05, 0) is 30.5 Å². The average Bonchev–Trinajstić information content (AvgIpc) is 3.38. The van der Waals surface area contributed by atoms with Crippen molar-refractivity contribution < 1.29 is 26.7 Å². The smallest absolute Gasteiger partial charge is 0.335 e. The largest absolute Gasteiger partial charge is 0.416 e. The lowest BCUT2D eigenvalue weighted by molar-refractivity contribution is -0.138. The number of nitrogens with zero attached hydrogens (tertiary/aromatic N) is 1. The van der Waals surface area contributed by atoms with E-state index < -0.39 is 23.4 Å². The van der Waals surface area contributed by atoms with E-state index in [2.05, 4.69) is 0 Å². The Morgan fingerprint density at radius 2 is 1.81 bits per heavy atom. The topological polar surface area (TPSA) is 20.3 Å². The number of amides is 1. The second kappa shape index (κ2) is 7.05. The van der Waals surface area contributed by atoms with E-state index in [1.165, 1.54) is 23.1 Å². The van der Waals surface area contributed by atoms with Crippen molar-refractivity contribution in [2.24, 2.45) is 0 Å². The zero-order valence-corrected chi connectivity index (χ0v) is 13.7. The van der Waals surface area contributed by atoms with Gasteiger partial charge in [0.05, 0.1) is 12.0 Å². The lowest BCUT2D eigenvalue weighted by Gasteiger charge is -2.23. The van der Waals surface area contributed by atoms with Crippen molar-refractivity contribution >= 4 is 5.91 Å². The molecule has 26 heavy (non-hydrogen) atoms. The number of carbonyl (C=O) groups is 1. The Balaban J connectivity index is 1.76. The van der Waals surface area contributed by atoms with Gasteiger partial charge in [0.2, 0.25) is 5.91 Å². The van der Waals surface area contributed by atoms with E-state index in [1.807, 2.05) is 0 Å². The summed E-state index contributed by atoms with van der Waals surface area (Å²) in [7, 11) is 0. The summed E-state index contributed by atoms with van der Waals surface area (Å²) in [6.45, 7) is -0.0332. The van der Waals surface area contributed by atoms with Crippen LogP contribution in [0.4, 0.5) is 22.0 Å². The summed E-state index contributed by atoms with van der Waals surface area (Å²) in [5.74, 6) is -1.84. The highest BCUT2D eigenvalue weighted by molar-refractivity contribution is 5.79. The predicted octanol–water partition coefficient (Wildman–Crippen LogP) is 4.72. The summed E-state index contributed by atoms with van der Waals surface area (Å²) >= 11 is 0. The van der Waals surface area contributed by atoms with Crippen molar-refractivity contribution in [3.05, 3.63) is 70.8 Å². The van der Waals surface area contributed by atoms with Crippen LogP contribution in [0.15, 0.2) is 42.5 Å². The van der Waals surface area contributed by atoms with Gasteiger partial charge in [-0.1, -0.05) is 24.3 Å². The maximum atomic E-state index is 13.9. The number of hydrogen-bond donors (Lipinski definition) is 0. The summed E-state index contributed by atoms with van der Waals surface area (Å²) in [4.78, 5) is 14.0. The summed E-state index contributed by atoms with van der Waals surface area (Å²) in [5, 5.41) is 0. The van der Waals surface area contributed by atoms with Crippen LogP contribution in [-0.4, -0.2) is 16.8 Å². The molecule has 2 aromatic carbocycles. The van der Waals surface area contributed by atoms with Gasteiger partial charge in [-0.15, -0.1) is 0 Å². The molecule has 0 saturated heterocycles. The minimum absolute atomic E-state index is 0.0332. The van der Waals surface area contributed by atoms with Crippen LogP contribution in [0.1, 0.15) is 29.5 Å². The average molecular weight is 369 g/mol. The summed E-state index contributed by atoms with van der Waals surface area (Å²) in [6, 6.07) is 7.68. The zero-order valence-electron chi connectivity index (χ0n) is 13.7. The molecular weight excluding hydrogens is 353 g/mol. The fraction of sp³-hybridized carbons (Fsp3) is 0.316. The summed E-state index contributed by atoms with van der Waals surface area (Å²) < 4.78 is 65.3. The minimum Gasteiger partial charge on any atom is -0.335 e. The predicted molar refractivity (Wildman–Crippen MR) is 85.1 cm³/mol. The summed E-state index contributed by atoms with van der Waals surface area (Å²) in [6.07, 6.45) is -3.16. The Morgan fingerprint density at radius 1 is 1.08 bits per heavy atom. The Kier molecular flexibility index (Phi) is 4.98. The van der Waals surface area contributed by atoms with Crippen molar-refractivity contribution in [1.29, 1.82) is 0 Å². The van der Waals surface area contributed by atoms with Crippen molar-refractivity contribution in [3.63, 3.8) is 0 Å². The maximum absolute atomic E-state index is 13.9. The van der Waals surface area contributed by atoms with E-state index >= 15 is 0 Å². The van der Waals surface area contributed by atoms with Crippen LogP contribution >= 0.6 is 0 Å². The fourth-order valence-corrected chi connectivity index (χ4v) is 2.77. The molecule has 0 heterocycles. The van der Waals surface area contributed by atoms with Crippen LogP contribution in [0, 0.1) is 11.6 Å². The molecule has 2 aromatic rings. The SMILES string of the molecule is O=C(Cc1cccc(C(F)(F)F)c1)N(Cc1ccc(F)cc1F)C1CC1. The Bertz CT molecular complexity index is 814. The second-order valence-corrected chi connectivity index (χ2v) is 6.36. The van der Waals surface area contributed by atoms with E-state index in [0.29, 0.717) is 0 Å². The molecule has 0 N–H and O–H groups in total. The van der Waals surface area contributed by atoms with Gasteiger partial charge < -0.3 is 4.90 Å². The molecule has 0 spiro atoms. The first-order chi connectivity index (χ1) is 12.2. The number of carbonyl (C=O) groups excluding carboxylic acids is 1. The number of hydrogen-bond acceptors (Lipinski definition) is 1. The quantitative estimate of drug-likeness (QED) is 0.699. The van der Waals surface area contributed by atoms with E-state index in [9.17, 15) is 26.7 Å². The third-order valence-corrected chi connectivity index (χ3v) is 4.27. The standard InChI is InChI=1S/C19H16F5NO/c20-15-5-4-13(17(21)10-15)11-25(16-6-7-16)18(26)9-12-2-1-3-14(8-12)19(22,23)24/h1-5,8,10,16H,6-7,9,11H2. The molecule has 1 aliphatic rings. The van der Waals surface area contributed by atoms with Crippen LogP contribution < -0.4 is 0 Å². The van der Waals surface area contributed by atoms with Gasteiger partial charge >= 0.3 is 6.18 Å². The molecule has 0 unspecified atom stereocenters. The van der Waals surface area contributed by atoms with Gasteiger partial charge in [-0.3, -0.25) is 4.79 Å². The number of alkyl halides is 3. The van der Waals surface area contributed by atoms with Gasteiger partial charge in [0.15, 0.2) is 0 Å². The van der Waals surface area contributed by atoms with Crippen LogP contribution in [0.2, 0.25) is 0 Å². The Hall–Kier alpha value is -2.44. The maximum Gasteiger partial charge on any atom is 0.416 e. The molecule has 138 valence electrons. The minimum atomic E-state index is -4.48. The zero-order chi connectivity index (χ0) is 18.9. The molecule has 1 fully saturated rings. The molecule has 0 bridgehead atoms. The molecule has 3 rings (SSSR count). The lowest BCUT2D eigenvalue weighted by Crippen LogP contribution is -2.34. The van der Waals surface area contributed by atoms with Crippen molar-refractivity contribution in [2.45, 2.75) is 38.0 Å². The van der Waals surface area contributed by atoms with E-state index in [0.717, 1.165) is 37.1 Å². The highest BCUT2D eigenvalue weighted by Crippen LogP contribution is 2.31. The molecule has 0 atom stereocenters. The fourth-order valence-electron chi connectivity index (χ4n) is 2.77. The Morgan fingerprint density at radius 3 is 2.42 bits per heavy atom. The van der Waals surface area contributed by atoms with E-state index in [-0.39, 0.29) is 36.0 Å². The van der Waals surface area contributed by atoms with Gasteiger partial charge in [0, 0.05) is 24.2 Å². The first kappa shape index (κ1) is 18.4. The lowest BCUT2D eigenvalue weighted by atomic mass is 10.1. The van der Waals surface area contributed by atoms with Gasteiger partial charge in [-0.25, -0.2) is 8.78 Å². The molecule has 0 aliphatic heterocycles. The monoisotopic (exact) mass is 369 g/mol. The molecule has 2 nitrogen and oxygen atoms in total.